The van der Waals surface area contributed by atoms with Gasteiger partial charge in [0.25, 0.3) is 0 Å². The number of esters is 4. The van der Waals surface area contributed by atoms with E-state index in [1.807, 2.05) is 0 Å². The van der Waals surface area contributed by atoms with Crippen LogP contribution in [0.1, 0.15) is 356 Å². The second-order valence-electron chi connectivity index (χ2n) is 26.0. The number of aliphatic hydroxyl groups excluding tert-OH is 1. The van der Waals surface area contributed by atoms with Gasteiger partial charge < -0.3 is 33.8 Å². The van der Waals surface area contributed by atoms with Crippen LogP contribution in [0.4, 0.5) is 0 Å². The fraction of sp³-hybridized carbons (Fsp3) is 0.943. The van der Waals surface area contributed by atoms with Crippen molar-refractivity contribution in [3.05, 3.63) is 0 Å². The van der Waals surface area contributed by atoms with Crippen molar-refractivity contribution in [2.75, 3.05) is 39.6 Å². The highest BCUT2D eigenvalue weighted by molar-refractivity contribution is 7.47. The lowest BCUT2D eigenvalue weighted by molar-refractivity contribution is -0.161. The van der Waals surface area contributed by atoms with Crippen LogP contribution in [-0.2, 0) is 65.4 Å². The Balaban J connectivity index is 5.24. The first-order valence-electron chi connectivity index (χ1n) is 36.5. The van der Waals surface area contributed by atoms with Gasteiger partial charge in [0.2, 0.25) is 0 Å². The van der Waals surface area contributed by atoms with Gasteiger partial charge in [-0.25, -0.2) is 9.13 Å². The number of aliphatic hydroxyl groups is 1. The van der Waals surface area contributed by atoms with Gasteiger partial charge in [-0.2, -0.15) is 0 Å². The summed E-state index contributed by atoms with van der Waals surface area (Å²) in [6.07, 6.45) is 47.1. The summed E-state index contributed by atoms with van der Waals surface area (Å²) in [6, 6.07) is 0. The summed E-state index contributed by atoms with van der Waals surface area (Å²) in [5.74, 6) is -0.606. The van der Waals surface area contributed by atoms with Crippen molar-refractivity contribution in [1.82, 2.24) is 0 Å². The molecule has 0 aliphatic carbocycles. The molecule has 3 N–H and O–H groups in total. The predicted molar refractivity (Wildman–Crippen MR) is 358 cm³/mol. The molecule has 19 heteroatoms. The number of ether oxygens (including phenoxy) is 4. The minimum Gasteiger partial charge on any atom is -0.462 e. The van der Waals surface area contributed by atoms with Gasteiger partial charge >= 0.3 is 39.5 Å². The smallest absolute Gasteiger partial charge is 0.462 e. The molecule has 0 bridgehead atoms. The number of hydrogen-bond donors (Lipinski definition) is 3. The van der Waals surface area contributed by atoms with Crippen LogP contribution in [0, 0.1) is 11.8 Å². The largest absolute Gasteiger partial charge is 0.472 e. The monoisotopic (exact) mass is 1310 g/mol. The molecular weight excluding hydrogens is 1170 g/mol. The molecule has 0 aromatic carbocycles. The van der Waals surface area contributed by atoms with Crippen LogP contribution in [0.15, 0.2) is 0 Å². The third-order valence-corrected chi connectivity index (χ3v) is 18.5. The molecule has 528 valence electrons. The van der Waals surface area contributed by atoms with Crippen LogP contribution in [0.2, 0.25) is 0 Å². The number of rotatable bonds is 69. The number of phosphoric acid groups is 2. The number of unbranched alkanes of at least 4 members (excludes halogenated alkanes) is 38. The van der Waals surface area contributed by atoms with E-state index in [2.05, 4.69) is 41.5 Å². The lowest BCUT2D eigenvalue weighted by atomic mass is 10.00. The van der Waals surface area contributed by atoms with E-state index < -0.39 is 97.5 Å². The highest BCUT2D eigenvalue weighted by Crippen LogP contribution is 2.45. The SMILES string of the molecule is CCCCCCCCCCCCCCC(=O)OC[C@H](COP(=O)(O)OC[C@@H](O)COP(=O)(O)OC[C@@H](COC(=O)CCCCCCCCC(C)CC)OC(=O)CCCCCCCCCCCCC)OC(=O)CCCCCCCCCCCCCCCC(C)C. The molecule has 17 nitrogen and oxygen atoms in total. The van der Waals surface area contributed by atoms with E-state index in [4.69, 9.17) is 37.0 Å². The number of carbonyl (C=O) groups is 4. The molecule has 3 unspecified atom stereocenters. The molecule has 0 aliphatic rings. The van der Waals surface area contributed by atoms with Crippen molar-refractivity contribution in [1.29, 1.82) is 0 Å². The third kappa shape index (κ3) is 63.2. The predicted octanol–water partition coefficient (Wildman–Crippen LogP) is 20.0. The minimum absolute atomic E-state index is 0.106. The molecule has 0 fully saturated rings. The van der Waals surface area contributed by atoms with E-state index in [9.17, 15) is 43.2 Å². The normalized spacial score (nSPS) is 14.4. The first kappa shape index (κ1) is 87.1. The Morgan fingerprint density at radius 1 is 0.326 bits per heavy atom. The first-order chi connectivity index (χ1) is 42.9. The Labute approximate surface area is 543 Å². The second-order valence-corrected chi connectivity index (χ2v) is 28.9. The minimum atomic E-state index is -4.95. The zero-order valence-corrected chi connectivity index (χ0v) is 59.5. The second kappa shape index (κ2) is 62.2. The van der Waals surface area contributed by atoms with Gasteiger partial charge in [-0.15, -0.1) is 0 Å². The Morgan fingerprint density at radius 2 is 0.573 bits per heavy atom. The average Bonchev–Trinajstić information content (AvgIpc) is 3.72. The molecule has 89 heavy (non-hydrogen) atoms. The first-order valence-corrected chi connectivity index (χ1v) is 39.5. The molecule has 0 spiro atoms. The summed E-state index contributed by atoms with van der Waals surface area (Å²) in [7, 11) is -9.90. The summed E-state index contributed by atoms with van der Waals surface area (Å²) in [5, 5.41) is 10.6. The van der Waals surface area contributed by atoms with Crippen LogP contribution < -0.4 is 0 Å². The highest BCUT2D eigenvalue weighted by atomic mass is 31.2. The van der Waals surface area contributed by atoms with Crippen molar-refractivity contribution in [3.8, 4) is 0 Å². The van der Waals surface area contributed by atoms with Crippen molar-refractivity contribution in [2.24, 2.45) is 11.8 Å². The van der Waals surface area contributed by atoms with Gasteiger partial charge in [-0.3, -0.25) is 37.3 Å². The maximum absolute atomic E-state index is 13.0. The van der Waals surface area contributed by atoms with E-state index >= 15 is 0 Å². The maximum atomic E-state index is 13.0. The van der Waals surface area contributed by atoms with E-state index in [1.54, 1.807) is 0 Å². The Morgan fingerprint density at radius 3 is 0.854 bits per heavy atom. The fourth-order valence-electron chi connectivity index (χ4n) is 10.6. The molecule has 0 saturated carbocycles. The molecule has 0 saturated heterocycles. The van der Waals surface area contributed by atoms with Crippen LogP contribution >= 0.6 is 15.6 Å². The van der Waals surface area contributed by atoms with Gasteiger partial charge in [-0.1, -0.05) is 305 Å². The van der Waals surface area contributed by atoms with Crippen LogP contribution in [0.3, 0.4) is 0 Å². The third-order valence-electron chi connectivity index (χ3n) is 16.6. The standard InChI is InChI=1S/C70H136O17P2/c1-7-10-12-14-16-18-20-26-29-33-40-46-52-67(72)80-58-65(86-70(75)55-49-43-35-31-27-23-21-22-25-28-32-38-44-50-62(4)5)60-84-88(76,77)82-56-64(71)57-83-89(78,79)85-61-66(59-81-68(73)53-47-41-37-36-39-45-51-63(6)9-3)87-69(74)54-48-42-34-30-24-19-17-15-13-11-8-2/h62-66,71H,7-61H2,1-6H3,(H,76,77)(H,78,79)/t63?,64-,65-,66-/m1/s1. The molecule has 0 aromatic heterocycles. The van der Waals surface area contributed by atoms with Crippen molar-refractivity contribution in [2.45, 2.75) is 374 Å². The van der Waals surface area contributed by atoms with Crippen LogP contribution in [-0.4, -0.2) is 96.7 Å². The van der Waals surface area contributed by atoms with Gasteiger partial charge in [0.05, 0.1) is 26.4 Å². The van der Waals surface area contributed by atoms with Gasteiger partial charge in [0.1, 0.15) is 19.3 Å². The lowest BCUT2D eigenvalue weighted by Gasteiger charge is -2.21. The van der Waals surface area contributed by atoms with Crippen molar-refractivity contribution >= 4 is 39.5 Å². The van der Waals surface area contributed by atoms with Gasteiger partial charge in [0, 0.05) is 25.7 Å². The summed E-state index contributed by atoms with van der Waals surface area (Å²) >= 11 is 0. The van der Waals surface area contributed by atoms with Crippen LogP contribution in [0.5, 0.6) is 0 Å². The zero-order chi connectivity index (χ0) is 65.7. The molecule has 6 atom stereocenters. The molecule has 0 rings (SSSR count). The quantitative estimate of drug-likeness (QED) is 0.0222. The van der Waals surface area contributed by atoms with E-state index in [-0.39, 0.29) is 25.7 Å². The maximum Gasteiger partial charge on any atom is 0.472 e. The summed E-state index contributed by atoms with van der Waals surface area (Å²) in [4.78, 5) is 72.5. The lowest BCUT2D eigenvalue weighted by Crippen LogP contribution is -2.30. The molecular formula is C70H136O17P2. The van der Waals surface area contributed by atoms with Gasteiger partial charge in [-0.05, 0) is 37.5 Å². The number of hydrogen-bond acceptors (Lipinski definition) is 15. The summed E-state index contributed by atoms with van der Waals surface area (Å²) in [6.45, 7) is 9.52. The number of phosphoric ester groups is 2. The molecule has 0 amide bonds. The fourth-order valence-corrected chi connectivity index (χ4v) is 12.1. The van der Waals surface area contributed by atoms with Crippen molar-refractivity contribution < 1.29 is 80.2 Å². The number of carbonyl (C=O) groups excluding carboxylic acids is 4. The summed E-state index contributed by atoms with van der Waals surface area (Å²) < 4.78 is 68.3. The van der Waals surface area contributed by atoms with E-state index in [0.29, 0.717) is 25.7 Å². The summed E-state index contributed by atoms with van der Waals surface area (Å²) in [5.41, 5.74) is 0. The van der Waals surface area contributed by atoms with E-state index in [1.165, 1.54) is 167 Å². The average molecular weight is 1310 g/mol. The molecule has 0 heterocycles. The zero-order valence-electron chi connectivity index (χ0n) is 57.7. The topological polar surface area (TPSA) is 237 Å². The van der Waals surface area contributed by atoms with E-state index in [0.717, 1.165) is 108 Å². The van der Waals surface area contributed by atoms with Gasteiger partial charge in [0.15, 0.2) is 12.2 Å². The highest BCUT2D eigenvalue weighted by Gasteiger charge is 2.30. The molecule has 0 aliphatic heterocycles. The molecule has 0 radical (unpaired) electrons. The Bertz CT molecular complexity index is 1740. The van der Waals surface area contributed by atoms with Crippen LogP contribution in [0.25, 0.3) is 0 Å². The Kier molecular flexibility index (Phi) is 60.8. The van der Waals surface area contributed by atoms with Crippen molar-refractivity contribution in [3.63, 3.8) is 0 Å². The molecule has 0 aromatic rings. The Hall–Kier alpha value is -1.94.